The van der Waals surface area contributed by atoms with Gasteiger partial charge < -0.3 is 0 Å². The third-order valence-corrected chi connectivity index (χ3v) is 4.49. The molecule has 0 radical (unpaired) electrons. The molecule has 0 aliphatic rings. The van der Waals surface area contributed by atoms with Crippen molar-refractivity contribution in [2.24, 2.45) is 0 Å². The molecule has 19 heavy (non-hydrogen) atoms. The van der Waals surface area contributed by atoms with Crippen molar-refractivity contribution in [1.29, 1.82) is 0 Å². The number of halogens is 2. The summed E-state index contributed by atoms with van der Waals surface area (Å²) in [7, 11) is 0. The van der Waals surface area contributed by atoms with Crippen LogP contribution >= 0.6 is 34.4 Å². The van der Waals surface area contributed by atoms with E-state index in [1.165, 1.54) is 23.9 Å². The van der Waals surface area contributed by atoms with E-state index < -0.39 is 0 Å². The average Bonchev–Trinajstić information content (AvgIpc) is 2.39. The number of fused-ring (bicyclic) bond motifs is 1. The fourth-order valence-corrected chi connectivity index (χ4v) is 3.37. The smallest absolute Gasteiger partial charge is 0.124 e. The number of rotatable bonds is 2. The third kappa shape index (κ3) is 2.90. The van der Waals surface area contributed by atoms with Crippen LogP contribution in [0.5, 0.6) is 0 Å². The van der Waals surface area contributed by atoms with Crippen molar-refractivity contribution in [1.82, 2.24) is 4.98 Å². The first-order chi connectivity index (χ1) is 9.22. The predicted molar refractivity (Wildman–Crippen MR) is 85.0 cm³/mol. The molecule has 1 heterocycles. The molecule has 1 aromatic heterocycles. The van der Waals surface area contributed by atoms with Gasteiger partial charge in [0.15, 0.2) is 0 Å². The number of benzene rings is 2. The van der Waals surface area contributed by atoms with Crippen LogP contribution in [0.15, 0.2) is 64.5 Å². The minimum absolute atomic E-state index is 0.215. The van der Waals surface area contributed by atoms with Crippen molar-refractivity contribution in [2.75, 3.05) is 0 Å². The standard InChI is InChI=1S/C15H9FINS/c16-11-4-2-5-12(8-11)19-13-7-10-3-1-6-14(17)15(10)18-9-13/h1-9H. The molecular formula is C15H9FINS. The van der Waals surface area contributed by atoms with Crippen LogP contribution in [-0.2, 0) is 0 Å². The van der Waals surface area contributed by atoms with E-state index >= 15 is 0 Å². The number of hydrogen-bond acceptors (Lipinski definition) is 2. The molecule has 3 aromatic rings. The Labute approximate surface area is 128 Å². The van der Waals surface area contributed by atoms with Crippen molar-refractivity contribution in [3.05, 3.63) is 64.1 Å². The molecule has 1 nitrogen and oxygen atoms in total. The lowest BCUT2D eigenvalue weighted by Crippen LogP contribution is -1.84. The lowest BCUT2D eigenvalue weighted by Gasteiger charge is -2.04. The van der Waals surface area contributed by atoms with Gasteiger partial charge in [-0.25, -0.2) is 4.39 Å². The van der Waals surface area contributed by atoms with Gasteiger partial charge >= 0.3 is 0 Å². The molecule has 0 saturated heterocycles. The summed E-state index contributed by atoms with van der Waals surface area (Å²) in [5.74, 6) is -0.215. The Kier molecular flexibility index (Phi) is 3.70. The van der Waals surface area contributed by atoms with Crippen molar-refractivity contribution in [2.45, 2.75) is 9.79 Å². The Balaban J connectivity index is 1.98. The quantitative estimate of drug-likeness (QED) is 0.571. The van der Waals surface area contributed by atoms with E-state index in [4.69, 9.17) is 0 Å². The summed E-state index contributed by atoms with van der Waals surface area (Å²) < 4.78 is 14.3. The van der Waals surface area contributed by atoms with Gasteiger partial charge in [-0.05, 0) is 52.9 Å². The molecule has 0 fully saturated rings. The van der Waals surface area contributed by atoms with Crippen LogP contribution in [0.2, 0.25) is 0 Å². The Hall–Kier alpha value is -1.14. The molecule has 0 unspecified atom stereocenters. The van der Waals surface area contributed by atoms with Gasteiger partial charge in [0.05, 0.1) is 5.52 Å². The third-order valence-electron chi connectivity index (χ3n) is 2.67. The lowest BCUT2D eigenvalue weighted by atomic mass is 10.2. The lowest BCUT2D eigenvalue weighted by molar-refractivity contribution is 0.624. The normalized spacial score (nSPS) is 10.8. The first-order valence-corrected chi connectivity index (χ1v) is 7.59. The number of hydrogen-bond donors (Lipinski definition) is 0. The Morgan fingerprint density at radius 3 is 2.68 bits per heavy atom. The molecule has 2 aromatic carbocycles. The first-order valence-electron chi connectivity index (χ1n) is 5.70. The highest BCUT2D eigenvalue weighted by atomic mass is 127. The van der Waals surface area contributed by atoms with Gasteiger partial charge in [0.1, 0.15) is 5.82 Å². The van der Waals surface area contributed by atoms with Crippen molar-refractivity contribution >= 4 is 45.3 Å². The second-order valence-corrected chi connectivity index (χ2v) is 6.35. The summed E-state index contributed by atoms with van der Waals surface area (Å²) in [6.45, 7) is 0. The monoisotopic (exact) mass is 381 g/mol. The maximum atomic E-state index is 13.1. The zero-order valence-electron chi connectivity index (χ0n) is 9.81. The van der Waals surface area contributed by atoms with Gasteiger partial charge in [0, 0.05) is 24.9 Å². The molecule has 3 rings (SSSR count). The molecule has 0 saturated carbocycles. The molecule has 4 heteroatoms. The molecule has 0 aliphatic carbocycles. The topological polar surface area (TPSA) is 12.9 Å². The van der Waals surface area contributed by atoms with E-state index in [0.717, 1.165) is 24.3 Å². The van der Waals surface area contributed by atoms with E-state index in [-0.39, 0.29) is 5.82 Å². The SMILES string of the molecule is Fc1cccc(Sc2cnc3c(I)cccc3c2)c1. The zero-order chi connectivity index (χ0) is 13.2. The van der Waals surface area contributed by atoms with E-state index in [1.54, 1.807) is 6.07 Å². The molecule has 0 spiro atoms. The van der Waals surface area contributed by atoms with Crippen molar-refractivity contribution in [3.8, 4) is 0 Å². The van der Waals surface area contributed by atoms with Crippen molar-refractivity contribution in [3.63, 3.8) is 0 Å². The summed E-state index contributed by atoms with van der Waals surface area (Å²) in [6.07, 6.45) is 1.83. The second-order valence-electron chi connectivity index (χ2n) is 4.04. The van der Waals surface area contributed by atoms with Gasteiger partial charge in [-0.15, -0.1) is 0 Å². The van der Waals surface area contributed by atoms with Crippen LogP contribution in [0.1, 0.15) is 0 Å². The van der Waals surface area contributed by atoms with Gasteiger partial charge in [-0.3, -0.25) is 4.98 Å². The minimum atomic E-state index is -0.215. The van der Waals surface area contributed by atoms with Gasteiger partial charge in [-0.1, -0.05) is 30.0 Å². The van der Waals surface area contributed by atoms with Crippen LogP contribution in [0.4, 0.5) is 4.39 Å². The summed E-state index contributed by atoms with van der Waals surface area (Å²) in [5, 5.41) is 1.10. The molecular weight excluding hydrogens is 372 g/mol. The van der Waals surface area contributed by atoms with E-state index in [1.807, 2.05) is 30.5 Å². The summed E-state index contributed by atoms with van der Waals surface area (Å²) >= 11 is 3.80. The number of para-hydroxylation sites is 1. The van der Waals surface area contributed by atoms with Gasteiger partial charge in [0.2, 0.25) is 0 Å². The van der Waals surface area contributed by atoms with E-state index in [2.05, 4.69) is 33.6 Å². The summed E-state index contributed by atoms with van der Waals surface area (Å²) in [5.41, 5.74) is 1.01. The van der Waals surface area contributed by atoms with Crippen molar-refractivity contribution < 1.29 is 4.39 Å². The largest absolute Gasteiger partial charge is 0.254 e. The maximum Gasteiger partial charge on any atom is 0.124 e. The molecule has 0 atom stereocenters. The molecule has 94 valence electrons. The fourth-order valence-electron chi connectivity index (χ4n) is 1.83. The highest BCUT2D eigenvalue weighted by Crippen LogP contribution is 2.30. The maximum absolute atomic E-state index is 13.1. The number of nitrogens with zero attached hydrogens (tertiary/aromatic N) is 1. The molecule has 0 bridgehead atoms. The summed E-state index contributed by atoms with van der Waals surface area (Å²) in [4.78, 5) is 6.37. The Morgan fingerprint density at radius 1 is 1.00 bits per heavy atom. The molecule has 0 N–H and O–H groups in total. The minimum Gasteiger partial charge on any atom is -0.254 e. The molecule has 0 amide bonds. The average molecular weight is 381 g/mol. The Morgan fingerprint density at radius 2 is 1.84 bits per heavy atom. The Bertz CT molecular complexity index is 745. The second kappa shape index (κ2) is 5.46. The highest BCUT2D eigenvalue weighted by Gasteiger charge is 2.03. The number of pyridine rings is 1. The molecule has 0 aliphatic heterocycles. The van der Waals surface area contributed by atoms with E-state index in [0.29, 0.717) is 0 Å². The predicted octanol–water partition coefficient (Wildman–Crippen LogP) is 5.13. The van der Waals surface area contributed by atoms with Gasteiger partial charge in [-0.2, -0.15) is 0 Å². The fraction of sp³-hybridized carbons (Fsp3) is 0. The van der Waals surface area contributed by atoms with Gasteiger partial charge in [0.25, 0.3) is 0 Å². The van der Waals surface area contributed by atoms with Crippen LogP contribution in [0.3, 0.4) is 0 Å². The van der Waals surface area contributed by atoms with Crippen LogP contribution in [-0.4, -0.2) is 4.98 Å². The van der Waals surface area contributed by atoms with Crippen LogP contribution < -0.4 is 0 Å². The number of aromatic nitrogens is 1. The van der Waals surface area contributed by atoms with E-state index in [9.17, 15) is 4.39 Å². The first kappa shape index (κ1) is 12.9. The summed E-state index contributed by atoms with van der Waals surface area (Å²) in [6, 6.07) is 14.8. The van der Waals surface area contributed by atoms with Crippen LogP contribution in [0.25, 0.3) is 10.9 Å². The zero-order valence-corrected chi connectivity index (χ0v) is 12.8. The highest BCUT2D eigenvalue weighted by molar-refractivity contribution is 14.1. The van der Waals surface area contributed by atoms with Crippen LogP contribution in [0, 0.1) is 9.39 Å².